The molecule has 0 fully saturated rings. The summed E-state index contributed by atoms with van der Waals surface area (Å²) in [7, 11) is -3.62. The number of carbonyl (C=O) groups is 1. The highest BCUT2D eigenvalue weighted by atomic mass is 32.2. The van der Waals surface area contributed by atoms with Gasteiger partial charge in [0.1, 0.15) is 17.5 Å². The van der Waals surface area contributed by atoms with Gasteiger partial charge in [0.15, 0.2) is 0 Å². The maximum Gasteiger partial charge on any atom is 0.243 e. The Bertz CT molecular complexity index is 805. The molecule has 6 nitrogen and oxygen atoms in total. The predicted octanol–water partition coefficient (Wildman–Crippen LogP) is 2.77. The minimum atomic E-state index is -3.62. The fourth-order valence-electron chi connectivity index (χ4n) is 2.42. The van der Waals surface area contributed by atoms with E-state index >= 15 is 0 Å². The number of benzene rings is 2. The normalized spacial score (nSPS) is 12.3. The van der Waals surface area contributed by atoms with E-state index in [1.165, 1.54) is 0 Å². The molecule has 0 spiro atoms. The summed E-state index contributed by atoms with van der Waals surface area (Å²) >= 11 is 0. The van der Waals surface area contributed by atoms with Crippen molar-refractivity contribution in [2.24, 2.45) is 0 Å². The van der Waals surface area contributed by atoms with E-state index in [0.717, 1.165) is 10.6 Å². The van der Waals surface area contributed by atoms with Crippen LogP contribution in [0.4, 0.5) is 5.69 Å². The zero-order valence-electron chi connectivity index (χ0n) is 14.5. The smallest absolute Gasteiger partial charge is 0.243 e. The van der Waals surface area contributed by atoms with Crippen LogP contribution in [0.15, 0.2) is 54.6 Å². The zero-order chi connectivity index (χ0) is 18.4. The monoisotopic (exact) mass is 362 g/mol. The lowest BCUT2D eigenvalue weighted by Crippen LogP contribution is -2.47. The van der Waals surface area contributed by atoms with Gasteiger partial charge in [-0.3, -0.25) is 9.10 Å². The van der Waals surface area contributed by atoms with Gasteiger partial charge in [-0.2, -0.15) is 0 Å². The number of carbonyl (C=O) groups excluding carboxylic acids is 1. The highest BCUT2D eigenvalue weighted by molar-refractivity contribution is 7.92. The largest absolute Gasteiger partial charge is 0.457 e. The third-order valence-electron chi connectivity index (χ3n) is 3.51. The lowest BCUT2D eigenvalue weighted by atomic mass is 10.2. The van der Waals surface area contributed by atoms with E-state index in [9.17, 15) is 13.2 Å². The van der Waals surface area contributed by atoms with Crippen molar-refractivity contribution in [3.8, 4) is 11.5 Å². The fraction of sp³-hybridized carbons (Fsp3) is 0.278. The van der Waals surface area contributed by atoms with Crippen LogP contribution in [0.1, 0.15) is 13.8 Å². The Hall–Kier alpha value is -2.54. The van der Waals surface area contributed by atoms with Crippen molar-refractivity contribution in [1.29, 1.82) is 0 Å². The molecule has 0 aliphatic carbocycles. The van der Waals surface area contributed by atoms with Crippen LogP contribution in [0.2, 0.25) is 0 Å². The van der Waals surface area contributed by atoms with E-state index in [4.69, 9.17) is 4.74 Å². The van der Waals surface area contributed by atoms with E-state index in [1.807, 2.05) is 30.3 Å². The van der Waals surface area contributed by atoms with Crippen LogP contribution in [-0.4, -0.2) is 33.2 Å². The number of nitrogens with zero attached hydrogens (tertiary/aromatic N) is 1. The molecule has 1 amide bonds. The molecular formula is C18H22N2O4S. The Balaban J connectivity index is 2.25. The minimum absolute atomic E-state index is 0.350. The molecule has 1 atom stereocenters. The molecular weight excluding hydrogens is 340 g/mol. The van der Waals surface area contributed by atoms with Crippen LogP contribution in [0.25, 0.3) is 0 Å². The second kappa shape index (κ2) is 8.02. The fourth-order valence-corrected chi connectivity index (χ4v) is 3.59. The van der Waals surface area contributed by atoms with Crippen LogP contribution in [0.5, 0.6) is 11.5 Å². The van der Waals surface area contributed by atoms with E-state index in [1.54, 1.807) is 38.1 Å². The molecule has 0 heterocycles. The van der Waals surface area contributed by atoms with Crippen LogP contribution >= 0.6 is 0 Å². The molecule has 1 unspecified atom stereocenters. The van der Waals surface area contributed by atoms with E-state index in [2.05, 4.69) is 5.32 Å². The van der Waals surface area contributed by atoms with E-state index in [0.29, 0.717) is 23.7 Å². The molecule has 2 aromatic carbocycles. The summed E-state index contributed by atoms with van der Waals surface area (Å²) in [5.74, 6) is 0.914. The van der Waals surface area contributed by atoms with Crippen LogP contribution in [-0.2, 0) is 14.8 Å². The average Bonchev–Trinajstić information content (AvgIpc) is 2.56. The summed E-state index contributed by atoms with van der Waals surface area (Å²) in [6.45, 7) is 3.77. The van der Waals surface area contributed by atoms with Gasteiger partial charge >= 0.3 is 0 Å². The molecule has 2 rings (SSSR count). The number of sulfonamides is 1. The number of anilines is 1. The van der Waals surface area contributed by atoms with Crippen molar-refractivity contribution in [2.45, 2.75) is 19.9 Å². The molecule has 1 N–H and O–H groups in total. The molecule has 0 aliphatic heterocycles. The predicted molar refractivity (Wildman–Crippen MR) is 98.4 cm³/mol. The van der Waals surface area contributed by atoms with Gasteiger partial charge < -0.3 is 10.1 Å². The minimum Gasteiger partial charge on any atom is -0.457 e. The standard InChI is InChI=1S/C18H22N2O4S/c1-4-19-18(21)14(2)20(25(3,22)23)15-10-12-17(13-11-15)24-16-8-6-5-7-9-16/h5-14H,4H2,1-3H3,(H,19,21). The number of ether oxygens (including phenoxy) is 1. The molecule has 0 saturated heterocycles. The molecule has 134 valence electrons. The molecule has 0 radical (unpaired) electrons. The van der Waals surface area contributed by atoms with Crippen LogP contribution in [0.3, 0.4) is 0 Å². The average molecular weight is 362 g/mol. The molecule has 0 bridgehead atoms. The van der Waals surface area contributed by atoms with Crippen molar-refractivity contribution in [3.63, 3.8) is 0 Å². The first kappa shape index (κ1) is 18.8. The Labute approximate surface area is 148 Å². The van der Waals surface area contributed by atoms with Crippen molar-refractivity contribution < 1.29 is 17.9 Å². The number of rotatable bonds is 7. The Morgan fingerprint density at radius 3 is 2.16 bits per heavy atom. The maximum absolute atomic E-state index is 12.2. The summed E-state index contributed by atoms with van der Waals surface area (Å²) in [6.07, 6.45) is 1.08. The van der Waals surface area contributed by atoms with Crippen molar-refractivity contribution in [1.82, 2.24) is 5.32 Å². The number of likely N-dealkylation sites (N-methyl/N-ethyl adjacent to an activating group) is 1. The number of hydrogen-bond acceptors (Lipinski definition) is 4. The molecule has 2 aromatic rings. The molecule has 25 heavy (non-hydrogen) atoms. The molecule has 0 aliphatic rings. The first-order valence-electron chi connectivity index (χ1n) is 7.93. The highest BCUT2D eigenvalue weighted by Crippen LogP contribution is 2.26. The van der Waals surface area contributed by atoms with E-state index < -0.39 is 16.1 Å². The Kier molecular flexibility index (Phi) is 6.03. The third kappa shape index (κ3) is 4.96. The number of para-hydroxylation sites is 1. The van der Waals surface area contributed by atoms with Gasteiger partial charge in [0.2, 0.25) is 15.9 Å². The molecule has 0 aromatic heterocycles. The van der Waals surface area contributed by atoms with Gasteiger partial charge in [-0.1, -0.05) is 18.2 Å². The van der Waals surface area contributed by atoms with Crippen molar-refractivity contribution in [3.05, 3.63) is 54.6 Å². The maximum atomic E-state index is 12.2. The van der Waals surface area contributed by atoms with E-state index in [-0.39, 0.29) is 5.91 Å². The van der Waals surface area contributed by atoms with Gasteiger partial charge in [-0.25, -0.2) is 8.42 Å². The van der Waals surface area contributed by atoms with Gasteiger partial charge in [-0.05, 0) is 50.2 Å². The molecule has 7 heteroatoms. The Morgan fingerprint density at radius 1 is 1.08 bits per heavy atom. The zero-order valence-corrected chi connectivity index (χ0v) is 15.3. The number of nitrogens with one attached hydrogen (secondary N) is 1. The summed E-state index contributed by atoms with van der Waals surface area (Å²) in [5.41, 5.74) is 0.404. The van der Waals surface area contributed by atoms with Gasteiger partial charge in [0, 0.05) is 6.54 Å². The summed E-state index contributed by atoms with van der Waals surface area (Å²) < 4.78 is 31.1. The van der Waals surface area contributed by atoms with Gasteiger partial charge in [0.05, 0.1) is 11.9 Å². The quantitative estimate of drug-likeness (QED) is 0.822. The number of hydrogen-bond donors (Lipinski definition) is 1. The van der Waals surface area contributed by atoms with Crippen molar-refractivity contribution in [2.75, 3.05) is 17.1 Å². The summed E-state index contributed by atoms with van der Waals surface area (Å²) in [5, 5.41) is 2.64. The topological polar surface area (TPSA) is 75.7 Å². The second-order valence-corrected chi connectivity index (χ2v) is 7.40. The first-order chi connectivity index (χ1) is 11.8. The first-order valence-corrected chi connectivity index (χ1v) is 9.78. The summed E-state index contributed by atoms with van der Waals surface area (Å²) in [4.78, 5) is 12.1. The van der Waals surface area contributed by atoms with Crippen LogP contribution < -0.4 is 14.4 Å². The van der Waals surface area contributed by atoms with Crippen molar-refractivity contribution >= 4 is 21.6 Å². The van der Waals surface area contributed by atoms with Gasteiger partial charge in [-0.15, -0.1) is 0 Å². The summed E-state index contributed by atoms with van der Waals surface area (Å²) in [6, 6.07) is 15.0. The Morgan fingerprint density at radius 2 is 1.64 bits per heavy atom. The lowest BCUT2D eigenvalue weighted by Gasteiger charge is -2.28. The van der Waals surface area contributed by atoms with Crippen LogP contribution in [0, 0.1) is 0 Å². The third-order valence-corrected chi connectivity index (χ3v) is 4.75. The highest BCUT2D eigenvalue weighted by Gasteiger charge is 2.28. The van der Waals surface area contributed by atoms with Gasteiger partial charge in [0.25, 0.3) is 0 Å². The molecule has 0 saturated carbocycles. The SMILES string of the molecule is CCNC(=O)C(C)N(c1ccc(Oc2ccccc2)cc1)S(C)(=O)=O. The second-order valence-electron chi connectivity index (χ2n) is 5.54. The lowest BCUT2D eigenvalue weighted by molar-refractivity contribution is -0.121. The number of amides is 1.